The average molecular weight is 263 g/mol. The van der Waals surface area contributed by atoms with Gasteiger partial charge in [0.2, 0.25) is 0 Å². The van der Waals surface area contributed by atoms with Gasteiger partial charge in [0.25, 0.3) is 0 Å². The molecule has 0 aromatic carbocycles. The Morgan fingerprint density at radius 3 is 2.61 bits per heavy atom. The van der Waals surface area contributed by atoms with Gasteiger partial charge in [0, 0.05) is 22.3 Å². The number of aryl methyl sites for hydroxylation is 1. The second-order valence-electron chi connectivity index (χ2n) is 7.06. The van der Waals surface area contributed by atoms with Gasteiger partial charge in [-0.3, -0.25) is 0 Å². The van der Waals surface area contributed by atoms with Crippen LogP contribution in [0.15, 0.2) is 12.1 Å². The minimum absolute atomic E-state index is 0.504. The molecule has 1 nitrogen and oxygen atoms in total. The summed E-state index contributed by atoms with van der Waals surface area (Å²) in [5, 5.41) is 3.85. The fourth-order valence-corrected chi connectivity index (χ4v) is 5.16. The molecule has 18 heavy (non-hydrogen) atoms. The molecule has 1 aromatic heterocycles. The van der Waals surface area contributed by atoms with Gasteiger partial charge in [-0.1, -0.05) is 20.8 Å². The van der Waals surface area contributed by atoms with Gasteiger partial charge < -0.3 is 5.32 Å². The van der Waals surface area contributed by atoms with Crippen molar-refractivity contribution in [2.24, 2.45) is 16.7 Å². The first-order chi connectivity index (χ1) is 8.43. The molecule has 0 unspecified atom stereocenters. The van der Waals surface area contributed by atoms with E-state index in [1.54, 1.807) is 0 Å². The molecule has 2 heteroatoms. The Bertz CT molecular complexity index is 448. The lowest BCUT2D eigenvalue weighted by molar-refractivity contribution is 0.120. The van der Waals surface area contributed by atoms with Crippen LogP contribution in [0.4, 0.5) is 0 Å². The third-order valence-corrected chi connectivity index (χ3v) is 7.11. The van der Waals surface area contributed by atoms with Crippen molar-refractivity contribution < 1.29 is 0 Å². The van der Waals surface area contributed by atoms with Crippen LogP contribution in [0.2, 0.25) is 0 Å². The van der Waals surface area contributed by atoms with E-state index in [0.717, 1.165) is 12.5 Å². The van der Waals surface area contributed by atoms with Crippen LogP contribution in [0, 0.1) is 23.7 Å². The summed E-state index contributed by atoms with van der Waals surface area (Å²) in [4.78, 5) is 2.91. The van der Waals surface area contributed by atoms with Crippen LogP contribution in [0.25, 0.3) is 0 Å². The Balaban J connectivity index is 1.69. The Morgan fingerprint density at radius 2 is 2.11 bits per heavy atom. The van der Waals surface area contributed by atoms with Gasteiger partial charge in [-0.25, -0.2) is 0 Å². The molecule has 2 saturated carbocycles. The van der Waals surface area contributed by atoms with Crippen LogP contribution in [-0.2, 0) is 6.54 Å². The molecular weight excluding hydrogens is 238 g/mol. The number of nitrogens with one attached hydrogen (secondary N) is 1. The van der Waals surface area contributed by atoms with E-state index in [2.05, 4.69) is 45.1 Å². The zero-order chi connectivity index (χ0) is 13.0. The van der Waals surface area contributed by atoms with E-state index in [9.17, 15) is 0 Å². The van der Waals surface area contributed by atoms with Crippen molar-refractivity contribution >= 4 is 11.3 Å². The highest BCUT2D eigenvalue weighted by atomic mass is 32.1. The summed E-state index contributed by atoms with van der Waals surface area (Å²) >= 11 is 1.93. The van der Waals surface area contributed by atoms with E-state index in [-0.39, 0.29) is 0 Å². The monoisotopic (exact) mass is 263 g/mol. The van der Waals surface area contributed by atoms with Crippen LogP contribution < -0.4 is 5.32 Å². The maximum absolute atomic E-state index is 3.85. The molecule has 1 aromatic rings. The molecule has 1 heterocycles. The molecule has 2 aliphatic carbocycles. The van der Waals surface area contributed by atoms with E-state index in [1.165, 1.54) is 29.0 Å². The Hall–Kier alpha value is -0.340. The van der Waals surface area contributed by atoms with Gasteiger partial charge in [-0.05, 0) is 55.1 Å². The first-order valence-corrected chi connectivity index (χ1v) is 8.04. The quantitative estimate of drug-likeness (QED) is 0.854. The Kier molecular flexibility index (Phi) is 2.87. The Morgan fingerprint density at radius 1 is 1.33 bits per heavy atom. The zero-order valence-corrected chi connectivity index (χ0v) is 12.9. The van der Waals surface area contributed by atoms with Crippen molar-refractivity contribution in [2.75, 3.05) is 0 Å². The van der Waals surface area contributed by atoms with Crippen molar-refractivity contribution in [1.29, 1.82) is 0 Å². The highest BCUT2D eigenvalue weighted by Crippen LogP contribution is 2.65. The molecule has 0 aliphatic heterocycles. The standard InChI is InChI=1S/C16H25NS/c1-11-5-6-13(18-11)10-17-14-9-12-7-8-16(14,4)15(12,2)3/h5-6,12,14,17H,7-10H2,1-4H3/t12-,14+,16+/m1/s1. The summed E-state index contributed by atoms with van der Waals surface area (Å²) < 4.78 is 0. The molecule has 0 radical (unpaired) electrons. The number of thiophene rings is 1. The van der Waals surface area contributed by atoms with Crippen LogP contribution in [0.3, 0.4) is 0 Å². The SMILES string of the molecule is Cc1ccc(CN[C@H]2C[C@H]3CC[C@]2(C)C3(C)C)s1. The number of rotatable bonds is 3. The van der Waals surface area contributed by atoms with E-state index >= 15 is 0 Å². The van der Waals surface area contributed by atoms with Crippen molar-refractivity contribution in [3.8, 4) is 0 Å². The highest BCUT2D eigenvalue weighted by Gasteiger charge is 2.60. The zero-order valence-electron chi connectivity index (χ0n) is 12.0. The number of hydrogen-bond acceptors (Lipinski definition) is 2. The second-order valence-corrected chi connectivity index (χ2v) is 8.43. The van der Waals surface area contributed by atoms with Gasteiger partial charge >= 0.3 is 0 Å². The van der Waals surface area contributed by atoms with E-state index in [4.69, 9.17) is 0 Å². The van der Waals surface area contributed by atoms with Gasteiger partial charge in [-0.2, -0.15) is 0 Å². The summed E-state index contributed by atoms with van der Waals surface area (Å²) in [6.07, 6.45) is 4.24. The van der Waals surface area contributed by atoms with Gasteiger partial charge in [0.15, 0.2) is 0 Å². The molecule has 3 atom stereocenters. The average Bonchev–Trinajstić information content (AvgIpc) is 2.87. The molecule has 3 rings (SSSR count). The van der Waals surface area contributed by atoms with Gasteiger partial charge in [0.05, 0.1) is 0 Å². The molecule has 0 amide bonds. The normalized spacial score (nSPS) is 37.3. The van der Waals surface area contributed by atoms with Crippen LogP contribution >= 0.6 is 11.3 Å². The molecule has 2 aliphatic rings. The topological polar surface area (TPSA) is 12.0 Å². The van der Waals surface area contributed by atoms with E-state index in [1.807, 2.05) is 11.3 Å². The third kappa shape index (κ3) is 1.69. The van der Waals surface area contributed by atoms with Crippen LogP contribution in [0.5, 0.6) is 0 Å². The summed E-state index contributed by atoms with van der Waals surface area (Å²) in [5.41, 5.74) is 1.03. The lowest BCUT2D eigenvalue weighted by Crippen LogP contribution is -2.44. The predicted octanol–water partition coefficient (Wildman–Crippen LogP) is 4.36. The summed E-state index contributed by atoms with van der Waals surface area (Å²) in [6, 6.07) is 5.22. The maximum Gasteiger partial charge on any atom is 0.0302 e. The summed E-state index contributed by atoms with van der Waals surface area (Å²) in [6.45, 7) is 10.7. The van der Waals surface area contributed by atoms with Gasteiger partial charge in [-0.15, -0.1) is 11.3 Å². The minimum Gasteiger partial charge on any atom is -0.309 e. The predicted molar refractivity (Wildman–Crippen MR) is 78.9 cm³/mol. The fourth-order valence-electron chi connectivity index (χ4n) is 4.32. The summed E-state index contributed by atoms with van der Waals surface area (Å²) in [7, 11) is 0. The van der Waals surface area contributed by atoms with Crippen molar-refractivity contribution in [2.45, 2.75) is 59.5 Å². The highest BCUT2D eigenvalue weighted by molar-refractivity contribution is 7.11. The number of fused-ring (bicyclic) bond motifs is 2. The van der Waals surface area contributed by atoms with Crippen molar-refractivity contribution in [3.05, 3.63) is 21.9 Å². The molecule has 2 fully saturated rings. The largest absolute Gasteiger partial charge is 0.309 e. The number of hydrogen-bond donors (Lipinski definition) is 1. The van der Waals surface area contributed by atoms with Crippen LogP contribution in [-0.4, -0.2) is 6.04 Å². The lowest BCUT2D eigenvalue weighted by Gasteiger charge is -2.39. The first kappa shape index (κ1) is 12.7. The molecule has 100 valence electrons. The molecule has 0 saturated heterocycles. The fraction of sp³-hybridized carbons (Fsp3) is 0.750. The second kappa shape index (κ2) is 4.08. The maximum atomic E-state index is 3.85. The molecular formula is C16H25NS. The third-order valence-electron chi connectivity index (χ3n) is 6.11. The van der Waals surface area contributed by atoms with Crippen LogP contribution in [0.1, 0.15) is 49.8 Å². The lowest BCUT2D eigenvalue weighted by atomic mass is 9.69. The van der Waals surface area contributed by atoms with Crippen molar-refractivity contribution in [1.82, 2.24) is 5.32 Å². The van der Waals surface area contributed by atoms with Crippen molar-refractivity contribution in [3.63, 3.8) is 0 Å². The van der Waals surface area contributed by atoms with E-state index in [0.29, 0.717) is 16.9 Å². The molecule has 0 spiro atoms. The summed E-state index contributed by atoms with van der Waals surface area (Å²) in [5.74, 6) is 0.935. The van der Waals surface area contributed by atoms with E-state index < -0.39 is 0 Å². The Labute approximate surface area is 115 Å². The smallest absolute Gasteiger partial charge is 0.0302 e. The first-order valence-electron chi connectivity index (χ1n) is 7.22. The molecule has 1 N–H and O–H groups in total. The minimum atomic E-state index is 0.504. The van der Waals surface area contributed by atoms with Gasteiger partial charge in [0.1, 0.15) is 0 Å². The molecule has 2 bridgehead atoms.